The van der Waals surface area contributed by atoms with Gasteiger partial charge in [-0.05, 0) is 30.9 Å². The largest absolute Gasteiger partial charge is 0.354 e. The highest BCUT2D eigenvalue weighted by molar-refractivity contribution is 5.26. The molecule has 17 heavy (non-hydrogen) atoms. The van der Waals surface area contributed by atoms with Crippen molar-refractivity contribution < 1.29 is 9.47 Å². The number of rotatable bonds is 6. The third kappa shape index (κ3) is 2.68. The van der Waals surface area contributed by atoms with E-state index >= 15 is 0 Å². The maximum atomic E-state index is 5.35. The van der Waals surface area contributed by atoms with E-state index in [4.69, 9.17) is 9.47 Å². The van der Waals surface area contributed by atoms with Crippen LogP contribution in [0.25, 0.3) is 0 Å². The highest BCUT2D eigenvalue weighted by Gasteiger charge is 2.46. The second kappa shape index (κ2) is 5.63. The van der Waals surface area contributed by atoms with E-state index in [0.29, 0.717) is 11.8 Å². The molecule has 1 fully saturated rings. The molecule has 1 aliphatic carbocycles. The summed E-state index contributed by atoms with van der Waals surface area (Å²) in [6, 6.07) is 10.9. The Labute approximate surface area is 103 Å². The number of benzene rings is 1. The van der Waals surface area contributed by atoms with Crippen LogP contribution in [-0.4, -0.2) is 33.6 Å². The van der Waals surface area contributed by atoms with Gasteiger partial charge in [0.1, 0.15) is 0 Å². The summed E-state index contributed by atoms with van der Waals surface area (Å²) in [4.78, 5) is 0. The molecule has 1 saturated carbocycles. The van der Waals surface area contributed by atoms with Crippen LogP contribution in [0.15, 0.2) is 30.3 Å². The van der Waals surface area contributed by atoms with Crippen LogP contribution in [-0.2, 0) is 9.47 Å². The number of likely N-dealkylation sites (N-methyl/N-ethyl adjacent to an activating group) is 1. The van der Waals surface area contributed by atoms with Gasteiger partial charge >= 0.3 is 0 Å². The zero-order valence-electron chi connectivity index (χ0n) is 10.7. The van der Waals surface area contributed by atoms with E-state index in [0.717, 1.165) is 0 Å². The zero-order chi connectivity index (χ0) is 12.3. The fourth-order valence-corrected chi connectivity index (χ4v) is 2.64. The fraction of sp³-hybridized carbons (Fsp3) is 0.571. The first-order chi connectivity index (χ1) is 8.31. The maximum Gasteiger partial charge on any atom is 0.172 e. The summed E-state index contributed by atoms with van der Waals surface area (Å²) in [5.41, 5.74) is 1.42. The topological polar surface area (TPSA) is 30.5 Å². The highest BCUT2D eigenvalue weighted by Crippen LogP contribution is 2.50. The Morgan fingerprint density at radius 3 is 2.35 bits per heavy atom. The summed E-state index contributed by atoms with van der Waals surface area (Å²) in [7, 11) is 5.35. The normalized spacial score (nSPS) is 24.9. The number of methoxy groups -OCH3 is 2. The van der Waals surface area contributed by atoms with E-state index in [9.17, 15) is 0 Å². The number of nitrogens with one attached hydrogen (secondary N) is 1. The molecule has 3 heteroatoms. The van der Waals surface area contributed by atoms with Crippen LogP contribution in [0.5, 0.6) is 0 Å². The molecular formula is C14H21NO2. The summed E-state index contributed by atoms with van der Waals surface area (Å²) in [5.74, 6) is 1.24. The van der Waals surface area contributed by atoms with E-state index in [1.807, 2.05) is 7.05 Å². The van der Waals surface area contributed by atoms with Crippen LogP contribution in [0.3, 0.4) is 0 Å². The second-order valence-corrected chi connectivity index (χ2v) is 4.57. The first kappa shape index (κ1) is 12.6. The lowest BCUT2D eigenvalue weighted by molar-refractivity contribution is -0.125. The molecule has 0 saturated heterocycles. The van der Waals surface area contributed by atoms with Crippen molar-refractivity contribution in [2.24, 2.45) is 5.92 Å². The average molecular weight is 235 g/mol. The predicted molar refractivity (Wildman–Crippen MR) is 67.9 cm³/mol. The van der Waals surface area contributed by atoms with Crippen molar-refractivity contribution in [3.63, 3.8) is 0 Å². The lowest BCUT2D eigenvalue weighted by atomic mass is 10.1. The first-order valence-electron chi connectivity index (χ1n) is 6.09. The molecule has 1 aromatic rings. The van der Waals surface area contributed by atoms with Gasteiger partial charge in [0.25, 0.3) is 0 Å². The molecule has 0 aromatic heterocycles. The average Bonchev–Trinajstić information content (AvgIpc) is 3.17. The Bertz CT molecular complexity index is 337. The van der Waals surface area contributed by atoms with Gasteiger partial charge < -0.3 is 14.8 Å². The first-order valence-corrected chi connectivity index (χ1v) is 6.09. The monoisotopic (exact) mass is 235 g/mol. The van der Waals surface area contributed by atoms with Crippen LogP contribution in [0.2, 0.25) is 0 Å². The lowest BCUT2D eigenvalue weighted by Crippen LogP contribution is -2.42. The second-order valence-electron chi connectivity index (χ2n) is 4.57. The van der Waals surface area contributed by atoms with Gasteiger partial charge in [0.05, 0.1) is 6.04 Å². The van der Waals surface area contributed by atoms with Gasteiger partial charge in [-0.25, -0.2) is 0 Å². The standard InChI is InChI=1S/C14H21NO2/c1-15-13(14(16-2)17-3)12-9-11(12)10-7-5-4-6-8-10/h4-8,11-15H,9H2,1-3H3. The molecule has 0 spiro atoms. The third-order valence-corrected chi connectivity index (χ3v) is 3.62. The van der Waals surface area contributed by atoms with Crippen molar-refractivity contribution in [3.8, 4) is 0 Å². The Hall–Kier alpha value is -0.900. The zero-order valence-corrected chi connectivity index (χ0v) is 10.7. The fourth-order valence-electron chi connectivity index (χ4n) is 2.64. The molecule has 2 rings (SSSR count). The smallest absolute Gasteiger partial charge is 0.172 e. The summed E-state index contributed by atoms with van der Waals surface area (Å²) in [5, 5.41) is 3.32. The van der Waals surface area contributed by atoms with Crippen LogP contribution in [0.1, 0.15) is 17.9 Å². The van der Waals surface area contributed by atoms with Crippen LogP contribution in [0, 0.1) is 5.92 Å². The Balaban J connectivity index is 2.01. The number of hydrogen-bond acceptors (Lipinski definition) is 3. The summed E-state index contributed by atoms with van der Waals surface area (Å²) in [6.45, 7) is 0. The van der Waals surface area contributed by atoms with E-state index in [1.54, 1.807) is 14.2 Å². The highest BCUT2D eigenvalue weighted by atomic mass is 16.7. The predicted octanol–water partition coefficient (Wildman–Crippen LogP) is 2.00. The van der Waals surface area contributed by atoms with E-state index in [-0.39, 0.29) is 12.3 Å². The molecule has 3 nitrogen and oxygen atoms in total. The number of hydrogen-bond donors (Lipinski definition) is 1. The van der Waals surface area contributed by atoms with Crippen molar-refractivity contribution in [2.75, 3.05) is 21.3 Å². The summed E-state index contributed by atoms with van der Waals surface area (Å²) >= 11 is 0. The van der Waals surface area contributed by atoms with Gasteiger partial charge in [-0.2, -0.15) is 0 Å². The van der Waals surface area contributed by atoms with Gasteiger partial charge in [0.15, 0.2) is 6.29 Å². The van der Waals surface area contributed by atoms with E-state index in [1.165, 1.54) is 12.0 Å². The van der Waals surface area contributed by atoms with Crippen molar-refractivity contribution in [2.45, 2.75) is 24.7 Å². The van der Waals surface area contributed by atoms with Crippen LogP contribution >= 0.6 is 0 Å². The summed E-state index contributed by atoms with van der Waals surface area (Å²) in [6.07, 6.45) is 1.04. The van der Waals surface area contributed by atoms with Crippen LogP contribution < -0.4 is 5.32 Å². The Morgan fingerprint density at radius 1 is 1.18 bits per heavy atom. The van der Waals surface area contributed by atoms with Crippen molar-refractivity contribution in [1.29, 1.82) is 0 Å². The third-order valence-electron chi connectivity index (χ3n) is 3.62. The van der Waals surface area contributed by atoms with Gasteiger partial charge in [-0.15, -0.1) is 0 Å². The number of ether oxygens (including phenoxy) is 2. The van der Waals surface area contributed by atoms with Crippen molar-refractivity contribution in [3.05, 3.63) is 35.9 Å². The van der Waals surface area contributed by atoms with Gasteiger partial charge in [-0.3, -0.25) is 0 Å². The molecule has 1 aromatic carbocycles. The summed E-state index contributed by atoms with van der Waals surface area (Å²) < 4.78 is 10.7. The quantitative estimate of drug-likeness (QED) is 0.765. The molecule has 3 unspecified atom stereocenters. The minimum absolute atomic E-state index is 0.168. The minimum atomic E-state index is -0.168. The Morgan fingerprint density at radius 2 is 1.82 bits per heavy atom. The SMILES string of the molecule is CNC(C(OC)OC)C1CC1c1ccccc1. The minimum Gasteiger partial charge on any atom is -0.354 e. The molecule has 1 N–H and O–H groups in total. The van der Waals surface area contributed by atoms with Gasteiger partial charge in [-0.1, -0.05) is 30.3 Å². The van der Waals surface area contributed by atoms with Crippen molar-refractivity contribution >= 4 is 0 Å². The Kier molecular flexibility index (Phi) is 4.15. The van der Waals surface area contributed by atoms with Crippen LogP contribution in [0.4, 0.5) is 0 Å². The lowest BCUT2D eigenvalue weighted by Gasteiger charge is -2.24. The molecule has 0 heterocycles. The molecule has 3 atom stereocenters. The molecule has 0 aliphatic heterocycles. The molecular weight excluding hydrogens is 214 g/mol. The molecule has 94 valence electrons. The molecule has 0 radical (unpaired) electrons. The molecule has 0 amide bonds. The van der Waals surface area contributed by atoms with E-state index in [2.05, 4.69) is 35.6 Å². The maximum absolute atomic E-state index is 5.35. The van der Waals surface area contributed by atoms with Gasteiger partial charge in [0.2, 0.25) is 0 Å². The van der Waals surface area contributed by atoms with Gasteiger partial charge in [0, 0.05) is 14.2 Å². The van der Waals surface area contributed by atoms with E-state index < -0.39 is 0 Å². The van der Waals surface area contributed by atoms with Crippen molar-refractivity contribution in [1.82, 2.24) is 5.32 Å². The molecule has 1 aliphatic rings. The molecule has 0 bridgehead atoms.